The van der Waals surface area contributed by atoms with Gasteiger partial charge < -0.3 is 0 Å². The number of nitrogens with one attached hydrogen (secondary N) is 3. The molecule has 5 rings (SSSR count). The summed E-state index contributed by atoms with van der Waals surface area (Å²) in [5, 5.41) is 8.69. The Morgan fingerprint density at radius 2 is 1.58 bits per heavy atom. The maximum Gasteiger partial charge on any atom is 0.328 e. The average Bonchev–Trinajstić information content (AvgIpc) is 3.21. The lowest BCUT2D eigenvalue weighted by Gasteiger charge is -2.34. The Hall–Kier alpha value is -3.59. The van der Waals surface area contributed by atoms with Gasteiger partial charge in [-0.2, -0.15) is 0 Å². The highest BCUT2D eigenvalue weighted by molar-refractivity contribution is 6.32. The second-order valence-electron chi connectivity index (χ2n) is 8.10. The summed E-state index contributed by atoms with van der Waals surface area (Å²) >= 11 is 0. The van der Waals surface area contributed by atoms with E-state index in [2.05, 4.69) is 16.0 Å². The van der Waals surface area contributed by atoms with Crippen LogP contribution in [0.25, 0.3) is 10.8 Å². The van der Waals surface area contributed by atoms with Crippen LogP contribution in [0.2, 0.25) is 0 Å². The first-order valence-corrected chi connectivity index (χ1v) is 10.2. The molecule has 9 nitrogen and oxygen atoms in total. The third kappa shape index (κ3) is 2.50. The van der Waals surface area contributed by atoms with Crippen LogP contribution in [0.5, 0.6) is 0 Å². The van der Waals surface area contributed by atoms with Crippen molar-refractivity contribution in [2.24, 2.45) is 11.8 Å². The minimum absolute atomic E-state index is 0.417. The van der Waals surface area contributed by atoms with Crippen LogP contribution in [0.4, 0.5) is 10.5 Å². The van der Waals surface area contributed by atoms with Gasteiger partial charge in [-0.1, -0.05) is 49.7 Å². The third-order valence-electron chi connectivity index (χ3n) is 6.44. The van der Waals surface area contributed by atoms with E-state index in [-0.39, 0.29) is 0 Å². The molecule has 3 heterocycles. The van der Waals surface area contributed by atoms with E-state index in [9.17, 15) is 24.0 Å². The predicted octanol–water partition coefficient (Wildman–Crippen LogP) is 0.822. The molecule has 31 heavy (non-hydrogen) atoms. The van der Waals surface area contributed by atoms with Gasteiger partial charge in [0, 0.05) is 11.4 Å². The molecule has 1 spiro atoms. The number of imide groups is 3. The topological polar surface area (TPSA) is 125 Å². The molecule has 6 amide bonds. The maximum absolute atomic E-state index is 13.7. The van der Waals surface area contributed by atoms with Gasteiger partial charge in [0.1, 0.15) is 0 Å². The highest BCUT2D eigenvalue weighted by Crippen LogP contribution is 2.47. The van der Waals surface area contributed by atoms with Crippen molar-refractivity contribution in [2.75, 3.05) is 4.90 Å². The molecule has 3 N–H and O–H groups in total. The standard InChI is InChI=1S/C22H20N4O5/c1-2-6-13-15-16(22(25-13)19(29)23-21(31)24-20(22)30)18(28)26(17(15)27)14-10-5-8-11-7-3-4-9-12(11)14/h3-5,7-10,13,15-16,25H,2,6H2,1H3,(H2,23,24,29,30,31)/t13-,15+,16+/m0/s1. The number of nitrogens with zero attached hydrogens (tertiary/aromatic N) is 1. The minimum Gasteiger partial charge on any atom is -0.291 e. The van der Waals surface area contributed by atoms with E-state index < -0.39 is 53.1 Å². The zero-order valence-corrected chi connectivity index (χ0v) is 16.7. The van der Waals surface area contributed by atoms with Crippen molar-refractivity contribution in [1.82, 2.24) is 16.0 Å². The smallest absolute Gasteiger partial charge is 0.291 e. The summed E-state index contributed by atoms with van der Waals surface area (Å²) in [7, 11) is 0. The number of hydrogen-bond donors (Lipinski definition) is 3. The van der Waals surface area contributed by atoms with E-state index in [1.807, 2.05) is 37.3 Å². The van der Waals surface area contributed by atoms with Crippen molar-refractivity contribution in [2.45, 2.75) is 31.3 Å². The lowest BCUT2D eigenvalue weighted by molar-refractivity contribution is -0.145. The fourth-order valence-electron chi connectivity index (χ4n) is 5.18. The quantitative estimate of drug-likeness (QED) is 0.499. The maximum atomic E-state index is 13.7. The van der Waals surface area contributed by atoms with E-state index in [1.165, 1.54) is 0 Å². The first kappa shape index (κ1) is 19.4. The molecule has 9 heteroatoms. The molecule has 0 bridgehead atoms. The first-order chi connectivity index (χ1) is 14.9. The van der Waals surface area contributed by atoms with Gasteiger partial charge in [0.2, 0.25) is 11.8 Å². The van der Waals surface area contributed by atoms with Crippen molar-refractivity contribution in [1.29, 1.82) is 0 Å². The molecule has 0 saturated carbocycles. The fourth-order valence-corrected chi connectivity index (χ4v) is 5.18. The van der Waals surface area contributed by atoms with Crippen molar-refractivity contribution in [3.05, 3.63) is 42.5 Å². The summed E-state index contributed by atoms with van der Waals surface area (Å²) in [5.41, 5.74) is -1.59. The SMILES string of the molecule is CCC[C@@H]1NC2(C(=O)NC(=O)NC2=O)[C@H]2C(=O)N(c3cccc4ccccc34)C(=O)[C@H]12. The van der Waals surface area contributed by atoms with Crippen molar-refractivity contribution >= 4 is 46.1 Å². The Morgan fingerprint density at radius 1 is 0.903 bits per heavy atom. The molecule has 0 radical (unpaired) electrons. The number of barbiturate groups is 1. The molecule has 0 aliphatic carbocycles. The number of fused-ring (bicyclic) bond motifs is 3. The van der Waals surface area contributed by atoms with E-state index in [1.54, 1.807) is 12.1 Å². The number of benzene rings is 2. The van der Waals surface area contributed by atoms with E-state index in [4.69, 9.17) is 0 Å². The average molecular weight is 420 g/mol. The Labute approximate surface area is 177 Å². The number of urea groups is 1. The lowest BCUT2D eigenvalue weighted by Crippen LogP contribution is -2.74. The normalized spacial score (nSPS) is 27.1. The zero-order valence-electron chi connectivity index (χ0n) is 16.7. The molecule has 3 aliphatic heterocycles. The molecular weight excluding hydrogens is 400 g/mol. The Morgan fingerprint density at radius 3 is 2.29 bits per heavy atom. The summed E-state index contributed by atoms with van der Waals surface area (Å²) in [4.78, 5) is 65.8. The van der Waals surface area contributed by atoms with Crippen molar-refractivity contribution in [3.63, 3.8) is 0 Å². The van der Waals surface area contributed by atoms with Gasteiger partial charge in [0.25, 0.3) is 11.8 Å². The van der Waals surface area contributed by atoms with Crippen LogP contribution in [0.3, 0.4) is 0 Å². The largest absolute Gasteiger partial charge is 0.328 e. The molecule has 3 aliphatic rings. The summed E-state index contributed by atoms with van der Waals surface area (Å²) in [6, 6.07) is 11.2. The van der Waals surface area contributed by atoms with Gasteiger partial charge in [-0.25, -0.2) is 9.69 Å². The third-order valence-corrected chi connectivity index (χ3v) is 6.44. The Bertz CT molecular complexity index is 1150. The van der Waals surface area contributed by atoms with Crippen LogP contribution in [0, 0.1) is 11.8 Å². The summed E-state index contributed by atoms with van der Waals surface area (Å²) in [6.45, 7) is 1.91. The zero-order chi connectivity index (χ0) is 21.9. The van der Waals surface area contributed by atoms with Crippen molar-refractivity contribution < 1.29 is 24.0 Å². The first-order valence-electron chi connectivity index (χ1n) is 10.2. The highest BCUT2D eigenvalue weighted by Gasteiger charge is 2.72. The molecule has 0 unspecified atom stereocenters. The summed E-state index contributed by atoms with van der Waals surface area (Å²) < 4.78 is 0. The molecule has 3 fully saturated rings. The van der Waals surface area contributed by atoms with Gasteiger partial charge in [-0.3, -0.25) is 35.1 Å². The predicted molar refractivity (Wildman–Crippen MR) is 110 cm³/mol. The summed E-state index contributed by atoms with van der Waals surface area (Å²) in [5.74, 6) is -5.03. The lowest BCUT2D eigenvalue weighted by atomic mass is 9.78. The van der Waals surface area contributed by atoms with Crippen LogP contribution in [-0.2, 0) is 19.2 Å². The van der Waals surface area contributed by atoms with Gasteiger partial charge in [-0.15, -0.1) is 0 Å². The van der Waals surface area contributed by atoms with Crippen LogP contribution in [0.15, 0.2) is 42.5 Å². The molecule has 2 aromatic rings. The van der Waals surface area contributed by atoms with Crippen LogP contribution in [0.1, 0.15) is 19.8 Å². The number of rotatable bonds is 3. The van der Waals surface area contributed by atoms with Crippen molar-refractivity contribution in [3.8, 4) is 0 Å². The molecule has 3 saturated heterocycles. The van der Waals surface area contributed by atoms with Crippen LogP contribution >= 0.6 is 0 Å². The summed E-state index contributed by atoms with van der Waals surface area (Å²) in [6.07, 6.45) is 1.16. The monoisotopic (exact) mass is 420 g/mol. The molecule has 2 aromatic carbocycles. The van der Waals surface area contributed by atoms with Crippen LogP contribution in [-0.4, -0.2) is 41.2 Å². The second kappa shape index (κ2) is 6.71. The van der Waals surface area contributed by atoms with Gasteiger partial charge >= 0.3 is 6.03 Å². The van der Waals surface area contributed by atoms with Gasteiger partial charge in [0.15, 0.2) is 5.54 Å². The van der Waals surface area contributed by atoms with Gasteiger partial charge in [0.05, 0.1) is 17.5 Å². The Kier molecular flexibility index (Phi) is 4.19. The molecule has 158 valence electrons. The second-order valence-corrected chi connectivity index (χ2v) is 8.10. The number of carbonyl (C=O) groups excluding carboxylic acids is 5. The molecular formula is C22H20N4O5. The minimum atomic E-state index is -2.01. The van der Waals surface area contributed by atoms with Crippen LogP contribution < -0.4 is 20.9 Å². The number of amides is 6. The van der Waals surface area contributed by atoms with E-state index in [0.717, 1.165) is 10.3 Å². The fraction of sp³-hybridized carbons (Fsp3) is 0.318. The number of hydrogen-bond acceptors (Lipinski definition) is 6. The van der Waals surface area contributed by atoms with E-state index in [0.29, 0.717) is 23.9 Å². The molecule has 3 atom stereocenters. The van der Waals surface area contributed by atoms with E-state index >= 15 is 0 Å². The Balaban J connectivity index is 1.66. The van der Waals surface area contributed by atoms with Gasteiger partial charge in [-0.05, 0) is 17.9 Å². The number of anilines is 1. The molecule has 0 aromatic heterocycles. The number of carbonyl (C=O) groups is 5. The highest BCUT2D eigenvalue weighted by atomic mass is 16.2.